The summed E-state index contributed by atoms with van der Waals surface area (Å²) in [7, 11) is 0. The molecular weight excluding hydrogens is 346 g/mol. The summed E-state index contributed by atoms with van der Waals surface area (Å²) in [5, 5.41) is 8.34. The first-order chi connectivity index (χ1) is 12.5. The Hall–Kier alpha value is -2.59. The van der Waals surface area contributed by atoms with Gasteiger partial charge in [-0.2, -0.15) is 5.10 Å². The van der Waals surface area contributed by atoms with Crippen molar-refractivity contribution in [2.75, 3.05) is 0 Å². The van der Waals surface area contributed by atoms with Crippen molar-refractivity contribution >= 4 is 17.5 Å². The molecule has 0 saturated heterocycles. The summed E-state index contributed by atoms with van der Waals surface area (Å²) in [5.74, 6) is -0.0220. The molecule has 1 aromatic heterocycles. The minimum Gasteiger partial charge on any atom is -0.349 e. The van der Waals surface area contributed by atoms with Crippen molar-refractivity contribution in [1.82, 2.24) is 15.1 Å². The quantitative estimate of drug-likeness (QED) is 0.718. The summed E-state index contributed by atoms with van der Waals surface area (Å²) in [6.45, 7) is 5.91. The number of aryl methyl sites for hydroxylation is 1. The molecule has 0 fully saturated rings. The monoisotopic (exact) mass is 367 g/mol. The van der Waals surface area contributed by atoms with Gasteiger partial charge in [0.15, 0.2) is 0 Å². The molecule has 0 unspecified atom stereocenters. The average molecular weight is 368 g/mol. The third-order valence-corrected chi connectivity index (χ3v) is 4.78. The van der Waals surface area contributed by atoms with E-state index in [2.05, 4.69) is 10.4 Å². The van der Waals surface area contributed by atoms with Crippen molar-refractivity contribution in [2.24, 2.45) is 0 Å². The zero-order valence-electron chi connectivity index (χ0n) is 15.2. The van der Waals surface area contributed by atoms with Gasteiger partial charge in [0, 0.05) is 16.3 Å². The Balaban J connectivity index is 1.73. The van der Waals surface area contributed by atoms with Crippen LogP contribution in [0.3, 0.4) is 0 Å². The van der Waals surface area contributed by atoms with Crippen LogP contribution in [-0.4, -0.2) is 15.7 Å². The van der Waals surface area contributed by atoms with Crippen LogP contribution in [0.15, 0.2) is 54.6 Å². The highest BCUT2D eigenvalue weighted by Crippen LogP contribution is 2.20. The van der Waals surface area contributed by atoms with Crippen molar-refractivity contribution in [2.45, 2.75) is 33.2 Å². The number of carbonyl (C=O) groups is 1. The highest BCUT2D eigenvalue weighted by atomic mass is 35.5. The molecule has 26 heavy (non-hydrogen) atoms. The molecular formula is C21H22ClN3O. The second-order valence-electron chi connectivity index (χ2n) is 6.41. The minimum atomic E-state index is -0.0791. The van der Waals surface area contributed by atoms with Crippen LogP contribution in [0.5, 0.6) is 0 Å². The summed E-state index contributed by atoms with van der Waals surface area (Å²) in [4.78, 5) is 12.5. The fourth-order valence-corrected chi connectivity index (χ4v) is 3.17. The first kappa shape index (κ1) is 18.2. The maximum Gasteiger partial charge on any atom is 0.225 e. The van der Waals surface area contributed by atoms with Gasteiger partial charge in [0.25, 0.3) is 0 Å². The van der Waals surface area contributed by atoms with Crippen LogP contribution in [0.1, 0.15) is 35.5 Å². The van der Waals surface area contributed by atoms with Crippen LogP contribution in [0.4, 0.5) is 0 Å². The molecule has 0 bridgehead atoms. The molecule has 2 aromatic carbocycles. The summed E-state index contributed by atoms with van der Waals surface area (Å²) in [6, 6.07) is 17.4. The van der Waals surface area contributed by atoms with E-state index in [1.54, 1.807) is 0 Å². The van der Waals surface area contributed by atoms with E-state index in [0.29, 0.717) is 11.4 Å². The maximum absolute atomic E-state index is 12.5. The molecule has 1 N–H and O–H groups in total. The predicted octanol–water partition coefficient (Wildman–Crippen LogP) is 4.56. The third-order valence-electron chi connectivity index (χ3n) is 4.53. The molecule has 0 radical (unpaired) electrons. The van der Waals surface area contributed by atoms with Crippen LogP contribution in [0.25, 0.3) is 5.69 Å². The van der Waals surface area contributed by atoms with Gasteiger partial charge in [-0.3, -0.25) is 4.79 Å². The van der Waals surface area contributed by atoms with Gasteiger partial charge in [0.1, 0.15) is 0 Å². The number of rotatable bonds is 5. The second kappa shape index (κ2) is 7.75. The zero-order valence-corrected chi connectivity index (χ0v) is 15.9. The van der Waals surface area contributed by atoms with Crippen molar-refractivity contribution in [3.63, 3.8) is 0 Å². The molecule has 0 aliphatic carbocycles. The molecule has 1 amide bonds. The number of hydrogen-bond acceptors (Lipinski definition) is 2. The molecule has 3 aromatic rings. The Labute approximate surface area is 158 Å². The number of carbonyl (C=O) groups excluding carboxylic acids is 1. The molecule has 134 valence electrons. The van der Waals surface area contributed by atoms with Crippen molar-refractivity contribution in [3.8, 4) is 5.69 Å². The molecule has 0 spiro atoms. The first-order valence-corrected chi connectivity index (χ1v) is 8.99. The molecule has 3 rings (SSSR count). The first-order valence-electron chi connectivity index (χ1n) is 8.61. The number of nitrogens with zero attached hydrogens (tertiary/aromatic N) is 2. The van der Waals surface area contributed by atoms with Crippen LogP contribution in [-0.2, 0) is 11.2 Å². The van der Waals surface area contributed by atoms with Gasteiger partial charge in [0.05, 0.1) is 23.8 Å². The van der Waals surface area contributed by atoms with Crippen LogP contribution >= 0.6 is 11.6 Å². The fraction of sp³-hybridized carbons (Fsp3) is 0.238. The Morgan fingerprint density at radius 1 is 1.12 bits per heavy atom. The maximum atomic E-state index is 12.5. The smallest absolute Gasteiger partial charge is 0.225 e. The van der Waals surface area contributed by atoms with E-state index in [4.69, 9.17) is 11.6 Å². The van der Waals surface area contributed by atoms with Crippen molar-refractivity contribution < 1.29 is 4.79 Å². The number of halogens is 1. The molecule has 0 saturated carbocycles. The lowest BCUT2D eigenvalue weighted by Crippen LogP contribution is -2.28. The summed E-state index contributed by atoms with van der Waals surface area (Å²) < 4.78 is 1.89. The highest BCUT2D eigenvalue weighted by molar-refractivity contribution is 6.30. The molecule has 4 nitrogen and oxygen atoms in total. The van der Waals surface area contributed by atoms with Gasteiger partial charge in [-0.1, -0.05) is 41.9 Å². The molecule has 0 aliphatic heterocycles. The Bertz CT molecular complexity index is 901. The molecule has 5 heteroatoms. The van der Waals surface area contributed by atoms with Gasteiger partial charge < -0.3 is 5.32 Å². The van der Waals surface area contributed by atoms with E-state index in [1.165, 1.54) is 0 Å². The summed E-state index contributed by atoms with van der Waals surface area (Å²) >= 11 is 5.92. The summed E-state index contributed by atoms with van der Waals surface area (Å²) in [6.07, 6.45) is 0.308. The van der Waals surface area contributed by atoms with Crippen LogP contribution in [0, 0.1) is 13.8 Å². The Morgan fingerprint density at radius 2 is 1.77 bits per heavy atom. The van der Waals surface area contributed by atoms with E-state index in [9.17, 15) is 4.79 Å². The standard InChI is InChI=1S/C21H22ClN3O/c1-14(17-9-11-18(22)12-10-17)23-21(26)13-20-15(2)24-25(16(20)3)19-7-5-4-6-8-19/h4-12,14H,13H2,1-3H3,(H,23,26)/t14-/m0/s1. The lowest BCUT2D eigenvalue weighted by atomic mass is 10.1. The largest absolute Gasteiger partial charge is 0.349 e. The topological polar surface area (TPSA) is 46.9 Å². The van der Waals surface area contributed by atoms with Gasteiger partial charge in [-0.25, -0.2) is 4.68 Å². The lowest BCUT2D eigenvalue weighted by molar-refractivity contribution is -0.121. The Morgan fingerprint density at radius 3 is 2.42 bits per heavy atom. The van der Waals surface area contributed by atoms with E-state index in [-0.39, 0.29) is 11.9 Å². The number of benzene rings is 2. The third kappa shape index (κ3) is 3.97. The van der Waals surface area contributed by atoms with E-state index < -0.39 is 0 Å². The number of amides is 1. The number of nitrogens with one attached hydrogen (secondary N) is 1. The highest BCUT2D eigenvalue weighted by Gasteiger charge is 2.17. The van der Waals surface area contributed by atoms with Crippen molar-refractivity contribution in [1.29, 1.82) is 0 Å². The number of aromatic nitrogens is 2. The lowest BCUT2D eigenvalue weighted by Gasteiger charge is -2.14. The van der Waals surface area contributed by atoms with E-state index >= 15 is 0 Å². The van der Waals surface area contributed by atoms with Crippen molar-refractivity contribution in [3.05, 3.63) is 82.1 Å². The molecule has 1 heterocycles. The predicted molar refractivity (Wildman–Crippen MR) is 105 cm³/mol. The van der Waals surface area contributed by atoms with Crippen LogP contribution < -0.4 is 5.32 Å². The molecule has 1 atom stereocenters. The van der Waals surface area contributed by atoms with Crippen LogP contribution in [0.2, 0.25) is 5.02 Å². The van der Waals surface area contributed by atoms with Gasteiger partial charge in [-0.15, -0.1) is 0 Å². The van der Waals surface area contributed by atoms with Gasteiger partial charge >= 0.3 is 0 Å². The Kier molecular flexibility index (Phi) is 5.43. The number of para-hydroxylation sites is 1. The van der Waals surface area contributed by atoms with Gasteiger partial charge in [0.2, 0.25) is 5.91 Å². The summed E-state index contributed by atoms with van der Waals surface area (Å²) in [5.41, 5.74) is 4.85. The van der Waals surface area contributed by atoms with E-state index in [1.807, 2.05) is 80.1 Å². The van der Waals surface area contributed by atoms with E-state index in [0.717, 1.165) is 28.2 Å². The average Bonchev–Trinajstić information content (AvgIpc) is 2.91. The fourth-order valence-electron chi connectivity index (χ4n) is 3.04. The SMILES string of the molecule is Cc1nn(-c2ccccc2)c(C)c1CC(=O)N[C@@H](C)c1ccc(Cl)cc1. The van der Waals surface area contributed by atoms with Gasteiger partial charge in [-0.05, 0) is 50.6 Å². The second-order valence-corrected chi connectivity index (χ2v) is 6.85. The normalized spacial score (nSPS) is 12.0. The molecule has 0 aliphatic rings. The zero-order chi connectivity index (χ0) is 18.7. The number of hydrogen-bond donors (Lipinski definition) is 1. The minimum absolute atomic E-state index is 0.0220.